The number of rotatable bonds is 0. The molecule has 1 aliphatic heterocycles. The highest BCUT2D eigenvalue weighted by atomic mass is 35.5. The van der Waals surface area contributed by atoms with Crippen molar-refractivity contribution in [1.29, 1.82) is 0 Å². The van der Waals surface area contributed by atoms with Gasteiger partial charge in [-0.2, -0.15) is 0 Å². The fourth-order valence-electron chi connectivity index (χ4n) is 0.406. The van der Waals surface area contributed by atoms with Crippen molar-refractivity contribution in [3.63, 3.8) is 0 Å². The SMILES string of the molecule is CN1[C]N=C(Cl)C1. The van der Waals surface area contributed by atoms with Crippen LogP contribution in [-0.4, -0.2) is 23.7 Å². The van der Waals surface area contributed by atoms with Crippen molar-refractivity contribution in [3.05, 3.63) is 6.67 Å². The minimum atomic E-state index is 0.613. The van der Waals surface area contributed by atoms with Crippen LogP contribution in [0.2, 0.25) is 0 Å². The molecular weight excluding hydrogens is 112 g/mol. The number of halogens is 1. The highest BCUT2D eigenvalue weighted by molar-refractivity contribution is 6.66. The predicted molar refractivity (Wildman–Crippen MR) is 29.2 cm³/mol. The smallest absolute Gasteiger partial charge is 0.200 e. The summed E-state index contributed by atoms with van der Waals surface area (Å²) in [6.07, 6.45) is 0. The van der Waals surface area contributed by atoms with E-state index in [1.165, 1.54) is 0 Å². The molecule has 0 spiro atoms. The largest absolute Gasteiger partial charge is 0.269 e. The summed E-state index contributed by atoms with van der Waals surface area (Å²) < 4.78 is 0. The molecule has 2 radical (unpaired) electrons. The summed E-state index contributed by atoms with van der Waals surface area (Å²) in [5.74, 6) is 0. The molecule has 7 heavy (non-hydrogen) atoms. The monoisotopic (exact) mass is 116 g/mol. The minimum Gasteiger partial charge on any atom is -0.269 e. The van der Waals surface area contributed by atoms with Gasteiger partial charge in [0.15, 0.2) is 6.67 Å². The van der Waals surface area contributed by atoms with Gasteiger partial charge in [0.1, 0.15) is 5.17 Å². The molecule has 0 aromatic heterocycles. The summed E-state index contributed by atoms with van der Waals surface area (Å²) in [5.41, 5.74) is 0. The molecule has 1 rings (SSSR count). The van der Waals surface area contributed by atoms with Gasteiger partial charge in [0.25, 0.3) is 0 Å². The van der Waals surface area contributed by atoms with Crippen LogP contribution < -0.4 is 0 Å². The van der Waals surface area contributed by atoms with Crippen LogP contribution in [0.25, 0.3) is 0 Å². The van der Waals surface area contributed by atoms with E-state index in [0.717, 1.165) is 0 Å². The Morgan fingerprint density at radius 2 is 2.71 bits per heavy atom. The quantitative estimate of drug-likeness (QED) is 0.452. The first-order chi connectivity index (χ1) is 3.29. The molecular formula is C4H5ClN2. The standard InChI is InChI=1S/C4H5ClN2/c1-7-2-4(5)6-3-7/h2H2,1H3. The zero-order chi connectivity index (χ0) is 5.28. The van der Waals surface area contributed by atoms with E-state index in [1.807, 2.05) is 7.05 Å². The molecule has 0 saturated heterocycles. The maximum Gasteiger partial charge on any atom is 0.200 e. The van der Waals surface area contributed by atoms with Crippen molar-refractivity contribution in [2.24, 2.45) is 4.99 Å². The van der Waals surface area contributed by atoms with Crippen LogP contribution in [0.4, 0.5) is 0 Å². The van der Waals surface area contributed by atoms with E-state index in [2.05, 4.69) is 11.7 Å². The highest BCUT2D eigenvalue weighted by Crippen LogP contribution is 2.03. The summed E-state index contributed by atoms with van der Waals surface area (Å²) in [5, 5.41) is 0.613. The van der Waals surface area contributed by atoms with Gasteiger partial charge in [-0.1, -0.05) is 11.6 Å². The number of hydrogen-bond donors (Lipinski definition) is 0. The predicted octanol–water partition coefficient (Wildman–Crippen LogP) is 0.565. The third-order valence-corrected chi connectivity index (χ3v) is 0.914. The van der Waals surface area contributed by atoms with Gasteiger partial charge in [-0.3, -0.25) is 4.90 Å². The number of aliphatic imine (C=N–C) groups is 1. The van der Waals surface area contributed by atoms with Crippen molar-refractivity contribution in [1.82, 2.24) is 4.90 Å². The molecule has 38 valence electrons. The van der Waals surface area contributed by atoms with Gasteiger partial charge in [0.2, 0.25) is 0 Å². The summed E-state index contributed by atoms with van der Waals surface area (Å²) >= 11 is 5.45. The third kappa shape index (κ3) is 1.14. The molecule has 0 bridgehead atoms. The lowest BCUT2D eigenvalue weighted by Crippen LogP contribution is -2.11. The van der Waals surface area contributed by atoms with Crippen LogP contribution in [0, 0.1) is 6.67 Å². The molecule has 1 heterocycles. The second-order valence-electron chi connectivity index (χ2n) is 1.44. The van der Waals surface area contributed by atoms with E-state index in [-0.39, 0.29) is 0 Å². The highest BCUT2D eigenvalue weighted by Gasteiger charge is 2.08. The van der Waals surface area contributed by atoms with Crippen LogP contribution >= 0.6 is 11.6 Å². The van der Waals surface area contributed by atoms with Gasteiger partial charge in [-0.15, -0.1) is 0 Å². The van der Waals surface area contributed by atoms with Crippen molar-refractivity contribution in [3.8, 4) is 0 Å². The molecule has 0 aromatic rings. The van der Waals surface area contributed by atoms with E-state index in [0.29, 0.717) is 11.7 Å². The molecule has 0 aliphatic carbocycles. The number of nitrogens with zero attached hydrogens (tertiary/aromatic N) is 2. The molecule has 0 saturated carbocycles. The van der Waals surface area contributed by atoms with E-state index < -0.39 is 0 Å². The lowest BCUT2D eigenvalue weighted by molar-refractivity contribution is 0.489. The molecule has 1 aliphatic rings. The maximum atomic E-state index is 5.45. The van der Waals surface area contributed by atoms with Gasteiger partial charge in [0, 0.05) is 0 Å². The summed E-state index contributed by atoms with van der Waals surface area (Å²) in [6.45, 7) is 3.37. The van der Waals surface area contributed by atoms with E-state index in [9.17, 15) is 0 Å². The molecule has 0 N–H and O–H groups in total. The van der Waals surface area contributed by atoms with Crippen LogP contribution in [0.1, 0.15) is 0 Å². The van der Waals surface area contributed by atoms with Crippen LogP contribution in [0.5, 0.6) is 0 Å². The lowest BCUT2D eigenvalue weighted by Gasteiger charge is -1.98. The average molecular weight is 117 g/mol. The summed E-state index contributed by atoms with van der Waals surface area (Å²) in [4.78, 5) is 5.47. The fourth-order valence-corrected chi connectivity index (χ4v) is 0.623. The Balaban J connectivity index is 2.42. The van der Waals surface area contributed by atoms with Gasteiger partial charge in [-0.25, -0.2) is 4.99 Å². The molecule has 0 unspecified atom stereocenters. The Bertz CT molecular complexity index is 99.9. The van der Waals surface area contributed by atoms with Crippen molar-refractivity contribution in [2.75, 3.05) is 13.6 Å². The van der Waals surface area contributed by atoms with Gasteiger partial charge in [0.05, 0.1) is 6.54 Å². The van der Waals surface area contributed by atoms with Gasteiger partial charge in [-0.05, 0) is 7.05 Å². The molecule has 0 aromatic carbocycles. The second kappa shape index (κ2) is 1.80. The Morgan fingerprint density at radius 3 is 2.86 bits per heavy atom. The second-order valence-corrected chi connectivity index (χ2v) is 1.88. The minimum absolute atomic E-state index is 0.613. The molecule has 0 fully saturated rings. The first kappa shape index (κ1) is 5.06. The van der Waals surface area contributed by atoms with Crippen molar-refractivity contribution in [2.45, 2.75) is 0 Å². The normalized spacial score (nSPS) is 22.9. The number of hydrogen-bond acceptors (Lipinski definition) is 2. The fraction of sp³-hybridized carbons (Fsp3) is 0.500. The Hall–Kier alpha value is -0.0800. The molecule has 3 heteroatoms. The lowest BCUT2D eigenvalue weighted by atomic mass is 10.7. The Labute approximate surface area is 47.8 Å². The zero-order valence-corrected chi connectivity index (χ0v) is 4.74. The molecule has 0 atom stereocenters. The van der Waals surface area contributed by atoms with Gasteiger partial charge >= 0.3 is 0 Å². The first-order valence-corrected chi connectivity index (χ1v) is 2.35. The summed E-state index contributed by atoms with van der Waals surface area (Å²) in [7, 11) is 1.87. The van der Waals surface area contributed by atoms with E-state index in [1.54, 1.807) is 4.90 Å². The zero-order valence-electron chi connectivity index (χ0n) is 3.98. The van der Waals surface area contributed by atoms with Crippen LogP contribution in [0.3, 0.4) is 0 Å². The summed E-state index contributed by atoms with van der Waals surface area (Å²) in [6, 6.07) is 0. The maximum absolute atomic E-state index is 5.45. The van der Waals surface area contributed by atoms with Gasteiger partial charge < -0.3 is 0 Å². The van der Waals surface area contributed by atoms with E-state index >= 15 is 0 Å². The Kier molecular flexibility index (Phi) is 1.30. The van der Waals surface area contributed by atoms with Crippen molar-refractivity contribution >= 4 is 16.8 Å². The van der Waals surface area contributed by atoms with E-state index in [4.69, 9.17) is 11.6 Å². The Morgan fingerprint density at radius 1 is 2.00 bits per heavy atom. The first-order valence-electron chi connectivity index (χ1n) is 1.98. The average Bonchev–Trinajstić information content (AvgIpc) is 1.87. The van der Waals surface area contributed by atoms with Crippen LogP contribution in [-0.2, 0) is 0 Å². The third-order valence-electron chi connectivity index (χ3n) is 0.710. The molecule has 2 nitrogen and oxygen atoms in total. The molecule has 0 amide bonds. The van der Waals surface area contributed by atoms with Crippen molar-refractivity contribution < 1.29 is 0 Å². The topological polar surface area (TPSA) is 15.6 Å². The van der Waals surface area contributed by atoms with Crippen LogP contribution in [0.15, 0.2) is 4.99 Å².